The molecule has 0 aliphatic carbocycles. The number of fused-ring (bicyclic) bond motifs is 1. The zero-order valence-electron chi connectivity index (χ0n) is 20.5. The van der Waals surface area contributed by atoms with Crippen molar-refractivity contribution < 1.29 is 37.0 Å². The Bertz CT molecular complexity index is 1170. The topological polar surface area (TPSA) is 92.3 Å². The second-order valence-electron chi connectivity index (χ2n) is 8.69. The Morgan fingerprint density at radius 3 is 2.57 bits per heavy atom. The van der Waals surface area contributed by atoms with E-state index in [4.69, 9.17) is 4.74 Å². The summed E-state index contributed by atoms with van der Waals surface area (Å²) in [5, 5.41) is 0. The lowest BCUT2D eigenvalue weighted by molar-refractivity contribution is -0.154. The van der Waals surface area contributed by atoms with Crippen LogP contribution >= 0.6 is 0 Å². The number of hydrogen-bond donors (Lipinski definition) is 0. The van der Waals surface area contributed by atoms with E-state index in [1.165, 1.54) is 28.1 Å². The maximum absolute atomic E-state index is 13.0. The van der Waals surface area contributed by atoms with E-state index in [-0.39, 0.29) is 35.9 Å². The van der Waals surface area contributed by atoms with Crippen molar-refractivity contribution in [3.05, 3.63) is 47.7 Å². The van der Waals surface area contributed by atoms with E-state index in [9.17, 15) is 27.6 Å². The van der Waals surface area contributed by atoms with E-state index in [0.717, 1.165) is 5.56 Å². The average Bonchev–Trinajstić information content (AvgIpc) is 3.37. The number of halogens is 3. The monoisotopic (exact) mass is 520 g/mol. The third-order valence-corrected chi connectivity index (χ3v) is 6.25. The van der Waals surface area contributed by atoms with Gasteiger partial charge in [-0.2, -0.15) is 13.2 Å². The number of rotatable bonds is 9. The molecular formula is C25H27F3N4O5. The molecule has 2 aliphatic rings. The van der Waals surface area contributed by atoms with Crippen molar-refractivity contribution in [3.8, 4) is 11.6 Å². The standard InChI is InChI=1S/C25H27F3N4O5/c1-3-30(4-2)22(33)14-31-13-16-5-6-17(11-19(16)23(31)34)32-10-9-20(24(32)35)37-18-7-8-21(29-12-18)36-15-25(26,27)28/h5-8,11-12,20H,3-4,9-10,13-15H2,1-2H3/t20-/m1/s1. The summed E-state index contributed by atoms with van der Waals surface area (Å²) in [5.74, 6) is -0.667. The van der Waals surface area contributed by atoms with Crippen LogP contribution in [0.3, 0.4) is 0 Å². The molecule has 198 valence electrons. The number of ether oxygens (including phenoxy) is 2. The van der Waals surface area contributed by atoms with E-state index < -0.39 is 18.9 Å². The lowest BCUT2D eigenvalue weighted by Crippen LogP contribution is -2.40. The SMILES string of the molecule is CCN(CC)C(=O)CN1Cc2ccc(N3CC[C@@H](Oc4ccc(OCC(F)(F)F)nc4)C3=O)cc2C1=O. The fourth-order valence-corrected chi connectivity index (χ4v) is 4.35. The number of amides is 3. The summed E-state index contributed by atoms with van der Waals surface area (Å²) < 4.78 is 47.1. The number of benzene rings is 1. The zero-order valence-corrected chi connectivity index (χ0v) is 20.5. The van der Waals surface area contributed by atoms with Crippen LogP contribution in [0.4, 0.5) is 18.9 Å². The van der Waals surface area contributed by atoms with E-state index in [2.05, 4.69) is 9.72 Å². The molecule has 1 fully saturated rings. The Labute approximate surface area is 211 Å². The minimum atomic E-state index is -4.47. The quantitative estimate of drug-likeness (QED) is 0.505. The molecule has 0 bridgehead atoms. The average molecular weight is 521 g/mol. The van der Waals surface area contributed by atoms with Crippen LogP contribution < -0.4 is 14.4 Å². The van der Waals surface area contributed by atoms with Crippen LogP contribution in [-0.2, 0) is 16.1 Å². The number of aromatic nitrogens is 1. The number of anilines is 1. The molecule has 2 aliphatic heterocycles. The van der Waals surface area contributed by atoms with Gasteiger partial charge in [-0.25, -0.2) is 4.98 Å². The van der Waals surface area contributed by atoms with Gasteiger partial charge in [0.2, 0.25) is 11.8 Å². The fraction of sp³-hybridized carbons (Fsp3) is 0.440. The van der Waals surface area contributed by atoms with Crippen LogP contribution in [0.1, 0.15) is 36.2 Å². The number of alkyl halides is 3. The maximum atomic E-state index is 13.0. The second kappa shape index (κ2) is 10.7. The molecule has 1 saturated heterocycles. The molecule has 2 aromatic rings. The van der Waals surface area contributed by atoms with Crippen molar-refractivity contribution >= 4 is 23.4 Å². The predicted molar refractivity (Wildman–Crippen MR) is 126 cm³/mol. The van der Waals surface area contributed by atoms with Crippen molar-refractivity contribution in [2.75, 3.05) is 37.7 Å². The predicted octanol–water partition coefficient (Wildman–Crippen LogP) is 3.03. The Hall–Kier alpha value is -3.83. The van der Waals surface area contributed by atoms with Crippen molar-refractivity contribution in [2.45, 2.75) is 39.1 Å². The van der Waals surface area contributed by atoms with Crippen LogP contribution in [-0.4, -0.2) is 77.6 Å². The molecule has 0 saturated carbocycles. The largest absolute Gasteiger partial charge is 0.479 e. The third-order valence-electron chi connectivity index (χ3n) is 6.25. The number of pyridine rings is 1. The van der Waals surface area contributed by atoms with Gasteiger partial charge in [-0.05, 0) is 37.6 Å². The lowest BCUT2D eigenvalue weighted by atomic mass is 10.1. The molecule has 9 nitrogen and oxygen atoms in total. The molecule has 0 spiro atoms. The van der Waals surface area contributed by atoms with Gasteiger partial charge in [0, 0.05) is 49.9 Å². The Morgan fingerprint density at radius 1 is 1.16 bits per heavy atom. The molecule has 1 aromatic heterocycles. The van der Waals surface area contributed by atoms with Crippen LogP contribution in [0.25, 0.3) is 0 Å². The van der Waals surface area contributed by atoms with E-state index in [1.54, 1.807) is 23.1 Å². The van der Waals surface area contributed by atoms with E-state index in [0.29, 0.717) is 43.9 Å². The van der Waals surface area contributed by atoms with Gasteiger partial charge in [0.15, 0.2) is 12.7 Å². The molecule has 0 unspecified atom stereocenters. The zero-order chi connectivity index (χ0) is 26.7. The molecule has 1 atom stereocenters. The van der Waals surface area contributed by atoms with Gasteiger partial charge in [0.1, 0.15) is 12.3 Å². The number of hydrogen-bond acceptors (Lipinski definition) is 6. The minimum Gasteiger partial charge on any atom is -0.479 e. The molecule has 12 heteroatoms. The molecule has 3 amide bonds. The summed E-state index contributed by atoms with van der Waals surface area (Å²) in [7, 11) is 0. The van der Waals surface area contributed by atoms with Gasteiger partial charge >= 0.3 is 6.18 Å². The van der Waals surface area contributed by atoms with E-state index >= 15 is 0 Å². The van der Waals surface area contributed by atoms with Gasteiger partial charge in [-0.3, -0.25) is 14.4 Å². The Balaban J connectivity index is 1.38. The number of carbonyl (C=O) groups excluding carboxylic acids is 3. The number of carbonyl (C=O) groups is 3. The smallest absolute Gasteiger partial charge is 0.422 e. The second-order valence-corrected chi connectivity index (χ2v) is 8.69. The highest BCUT2D eigenvalue weighted by molar-refractivity contribution is 6.03. The molecule has 0 N–H and O–H groups in total. The molecule has 0 radical (unpaired) electrons. The first-order valence-electron chi connectivity index (χ1n) is 11.9. The highest BCUT2D eigenvalue weighted by atomic mass is 19.4. The first-order valence-corrected chi connectivity index (χ1v) is 11.9. The highest BCUT2D eigenvalue weighted by Gasteiger charge is 2.36. The summed E-state index contributed by atoms with van der Waals surface area (Å²) in [6.45, 7) is 4.15. The van der Waals surface area contributed by atoms with Gasteiger partial charge in [0.25, 0.3) is 11.8 Å². The summed E-state index contributed by atoms with van der Waals surface area (Å²) in [4.78, 5) is 46.9. The molecular weight excluding hydrogens is 493 g/mol. The van der Waals surface area contributed by atoms with Gasteiger partial charge in [-0.1, -0.05) is 6.07 Å². The minimum absolute atomic E-state index is 0.00282. The Morgan fingerprint density at radius 2 is 1.92 bits per heavy atom. The summed E-state index contributed by atoms with van der Waals surface area (Å²) in [6, 6.07) is 7.83. The number of nitrogens with zero attached hydrogens (tertiary/aromatic N) is 4. The summed E-state index contributed by atoms with van der Waals surface area (Å²) in [6.07, 6.45) is -3.71. The van der Waals surface area contributed by atoms with Crippen molar-refractivity contribution in [1.82, 2.24) is 14.8 Å². The first-order chi connectivity index (χ1) is 17.6. The normalized spacial score (nSPS) is 17.3. The summed E-state index contributed by atoms with van der Waals surface area (Å²) in [5.41, 5.74) is 1.80. The van der Waals surface area contributed by atoms with Crippen molar-refractivity contribution in [3.63, 3.8) is 0 Å². The fourth-order valence-electron chi connectivity index (χ4n) is 4.35. The van der Waals surface area contributed by atoms with Crippen molar-refractivity contribution in [1.29, 1.82) is 0 Å². The van der Waals surface area contributed by atoms with Crippen LogP contribution in [0.15, 0.2) is 36.5 Å². The van der Waals surface area contributed by atoms with Gasteiger partial charge in [0.05, 0.1) is 6.20 Å². The van der Waals surface area contributed by atoms with Crippen molar-refractivity contribution in [2.24, 2.45) is 0 Å². The molecule has 37 heavy (non-hydrogen) atoms. The Kier molecular flexibility index (Phi) is 7.55. The van der Waals surface area contributed by atoms with Gasteiger partial charge < -0.3 is 24.2 Å². The molecule has 1 aromatic carbocycles. The van der Waals surface area contributed by atoms with Crippen LogP contribution in [0.5, 0.6) is 11.6 Å². The lowest BCUT2D eigenvalue weighted by Gasteiger charge is -2.22. The third kappa shape index (κ3) is 5.95. The highest BCUT2D eigenvalue weighted by Crippen LogP contribution is 2.31. The van der Waals surface area contributed by atoms with Crippen LogP contribution in [0, 0.1) is 0 Å². The first kappa shape index (κ1) is 26.2. The number of likely N-dealkylation sites (N-methyl/N-ethyl adjacent to an activating group) is 1. The maximum Gasteiger partial charge on any atom is 0.422 e. The molecule has 4 rings (SSSR count). The summed E-state index contributed by atoms with van der Waals surface area (Å²) >= 11 is 0. The molecule has 3 heterocycles. The van der Waals surface area contributed by atoms with Gasteiger partial charge in [-0.15, -0.1) is 0 Å². The van der Waals surface area contributed by atoms with E-state index in [1.807, 2.05) is 13.8 Å². The van der Waals surface area contributed by atoms with Crippen LogP contribution in [0.2, 0.25) is 0 Å².